The standard InChI is InChI=1S/C18H26N2O/c1-3-20(14-8-4-5-9-14)16(12-19)18-13(2)21-17-11-7-6-10-15(17)18/h6-7,10-11,14,16H,3-5,8-9,12,19H2,1-2H3. The molecule has 114 valence electrons. The average Bonchev–Trinajstić information content (AvgIpc) is 3.12. The molecule has 3 rings (SSSR count). The number of benzene rings is 1. The van der Waals surface area contributed by atoms with Crippen LogP contribution in [0.3, 0.4) is 0 Å². The van der Waals surface area contributed by atoms with Gasteiger partial charge in [-0.15, -0.1) is 0 Å². The van der Waals surface area contributed by atoms with E-state index in [1.807, 2.05) is 12.1 Å². The minimum Gasteiger partial charge on any atom is -0.461 e. The molecule has 3 heteroatoms. The molecule has 0 saturated heterocycles. The van der Waals surface area contributed by atoms with Gasteiger partial charge in [0, 0.05) is 23.5 Å². The molecule has 21 heavy (non-hydrogen) atoms. The Bertz CT molecular complexity index is 598. The maximum Gasteiger partial charge on any atom is 0.134 e. The van der Waals surface area contributed by atoms with E-state index in [1.54, 1.807) is 0 Å². The number of nitrogens with two attached hydrogens (primary N) is 1. The van der Waals surface area contributed by atoms with Crippen LogP contribution >= 0.6 is 0 Å². The molecular weight excluding hydrogens is 260 g/mol. The molecule has 1 fully saturated rings. The molecule has 0 radical (unpaired) electrons. The SMILES string of the molecule is CCN(C1CCCC1)C(CN)c1c(C)oc2ccccc12. The van der Waals surface area contributed by atoms with Crippen LogP contribution in [-0.4, -0.2) is 24.0 Å². The van der Waals surface area contributed by atoms with Gasteiger partial charge in [-0.25, -0.2) is 0 Å². The fourth-order valence-electron chi connectivity index (χ4n) is 3.99. The molecule has 1 aliphatic rings. The number of furan rings is 1. The van der Waals surface area contributed by atoms with E-state index in [4.69, 9.17) is 10.2 Å². The van der Waals surface area contributed by atoms with Crippen molar-refractivity contribution in [2.75, 3.05) is 13.1 Å². The van der Waals surface area contributed by atoms with Crippen LogP contribution in [0, 0.1) is 6.92 Å². The van der Waals surface area contributed by atoms with Crippen molar-refractivity contribution in [3.8, 4) is 0 Å². The molecule has 1 aromatic carbocycles. The van der Waals surface area contributed by atoms with Crippen molar-refractivity contribution >= 4 is 11.0 Å². The number of rotatable bonds is 5. The van der Waals surface area contributed by atoms with Crippen molar-refractivity contribution < 1.29 is 4.42 Å². The molecule has 3 nitrogen and oxygen atoms in total. The molecule has 0 amide bonds. The van der Waals surface area contributed by atoms with E-state index in [-0.39, 0.29) is 6.04 Å². The lowest BCUT2D eigenvalue weighted by molar-refractivity contribution is 0.147. The lowest BCUT2D eigenvalue weighted by Crippen LogP contribution is -2.40. The quantitative estimate of drug-likeness (QED) is 0.903. The number of likely N-dealkylation sites (N-methyl/N-ethyl adjacent to an activating group) is 1. The zero-order valence-corrected chi connectivity index (χ0v) is 13.1. The van der Waals surface area contributed by atoms with Crippen LogP contribution in [0.25, 0.3) is 11.0 Å². The van der Waals surface area contributed by atoms with Crippen LogP contribution in [-0.2, 0) is 0 Å². The molecule has 2 aromatic rings. The Hall–Kier alpha value is -1.32. The van der Waals surface area contributed by atoms with E-state index in [9.17, 15) is 0 Å². The summed E-state index contributed by atoms with van der Waals surface area (Å²) in [6.45, 7) is 6.01. The molecule has 0 aliphatic heterocycles. The van der Waals surface area contributed by atoms with Crippen LogP contribution in [0.15, 0.2) is 28.7 Å². The molecule has 1 saturated carbocycles. The van der Waals surface area contributed by atoms with Crippen molar-refractivity contribution in [2.24, 2.45) is 5.73 Å². The molecule has 1 heterocycles. The smallest absolute Gasteiger partial charge is 0.134 e. The Morgan fingerprint density at radius 1 is 1.29 bits per heavy atom. The first-order valence-electron chi connectivity index (χ1n) is 8.20. The first-order valence-corrected chi connectivity index (χ1v) is 8.20. The summed E-state index contributed by atoms with van der Waals surface area (Å²) in [6.07, 6.45) is 5.31. The molecule has 1 unspecified atom stereocenters. The van der Waals surface area contributed by atoms with Gasteiger partial charge < -0.3 is 10.2 Å². The third-order valence-electron chi connectivity index (χ3n) is 4.94. The van der Waals surface area contributed by atoms with Crippen molar-refractivity contribution in [3.63, 3.8) is 0 Å². The van der Waals surface area contributed by atoms with Crippen LogP contribution in [0.4, 0.5) is 0 Å². The van der Waals surface area contributed by atoms with Gasteiger partial charge >= 0.3 is 0 Å². The van der Waals surface area contributed by atoms with Gasteiger partial charge in [0.25, 0.3) is 0 Å². The van der Waals surface area contributed by atoms with Gasteiger partial charge in [0.15, 0.2) is 0 Å². The van der Waals surface area contributed by atoms with E-state index in [0.717, 1.165) is 17.9 Å². The monoisotopic (exact) mass is 286 g/mol. The van der Waals surface area contributed by atoms with E-state index in [2.05, 4.69) is 30.9 Å². The Morgan fingerprint density at radius 3 is 2.67 bits per heavy atom. The van der Waals surface area contributed by atoms with Crippen LogP contribution in [0.2, 0.25) is 0 Å². The van der Waals surface area contributed by atoms with Gasteiger partial charge in [-0.2, -0.15) is 0 Å². The summed E-state index contributed by atoms with van der Waals surface area (Å²) in [5.74, 6) is 1.02. The predicted molar refractivity (Wildman–Crippen MR) is 87.4 cm³/mol. The molecule has 1 aromatic heterocycles. The minimum absolute atomic E-state index is 0.266. The van der Waals surface area contributed by atoms with E-state index in [0.29, 0.717) is 12.6 Å². The van der Waals surface area contributed by atoms with Crippen molar-refractivity contribution in [1.82, 2.24) is 4.90 Å². The summed E-state index contributed by atoms with van der Waals surface area (Å²) in [5.41, 5.74) is 8.46. The van der Waals surface area contributed by atoms with Crippen molar-refractivity contribution in [1.29, 1.82) is 0 Å². The van der Waals surface area contributed by atoms with E-state index in [1.165, 1.54) is 36.6 Å². The highest BCUT2D eigenvalue weighted by atomic mass is 16.3. The molecule has 0 bridgehead atoms. The Morgan fingerprint density at radius 2 is 2.00 bits per heavy atom. The first-order chi connectivity index (χ1) is 10.3. The lowest BCUT2D eigenvalue weighted by Gasteiger charge is -2.35. The highest BCUT2D eigenvalue weighted by molar-refractivity contribution is 5.82. The number of hydrogen-bond donors (Lipinski definition) is 1. The summed E-state index contributed by atoms with van der Waals surface area (Å²) in [7, 11) is 0. The second-order valence-electron chi connectivity index (χ2n) is 6.09. The Balaban J connectivity index is 2.02. The van der Waals surface area contributed by atoms with E-state index < -0.39 is 0 Å². The van der Waals surface area contributed by atoms with Crippen molar-refractivity contribution in [2.45, 2.75) is 51.6 Å². The lowest BCUT2D eigenvalue weighted by atomic mass is 9.99. The van der Waals surface area contributed by atoms with Gasteiger partial charge in [-0.3, -0.25) is 4.90 Å². The normalized spacial score (nSPS) is 17.9. The maximum atomic E-state index is 6.18. The van der Waals surface area contributed by atoms with E-state index >= 15 is 0 Å². The highest BCUT2D eigenvalue weighted by Crippen LogP contribution is 2.36. The topological polar surface area (TPSA) is 42.4 Å². The predicted octanol–water partition coefficient (Wildman–Crippen LogP) is 4.01. The number of hydrogen-bond acceptors (Lipinski definition) is 3. The molecule has 2 N–H and O–H groups in total. The Kier molecular flexibility index (Phi) is 4.32. The maximum absolute atomic E-state index is 6.18. The third kappa shape index (κ3) is 2.60. The highest BCUT2D eigenvalue weighted by Gasteiger charge is 2.30. The first kappa shape index (κ1) is 14.6. The van der Waals surface area contributed by atoms with Gasteiger partial charge in [0.05, 0.1) is 6.04 Å². The summed E-state index contributed by atoms with van der Waals surface area (Å²) in [5, 5.41) is 1.22. The van der Waals surface area contributed by atoms with Gasteiger partial charge in [0.2, 0.25) is 0 Å². The summed E-state index contributed by atoms with van der Waals surface area (Å²) < 4.78 is 5.96. The summed E-state index contributed by atoms with van der Waals surface area (Å²) in [6, 6.07) is 9.26. The van der Waals surface area contributed by atoms with Gasteiger partial charge in [-0.1, -0.05) is 38.0 Å². The van der Waals surface area contributed by atoms with Crippen molar-refractivity contribution in [3.05, 3.63) is 35.6 Å². The molecule has 1 atom stereocenters. The van der Waals surface area contributed by atoms with Crippen LogP contribution < -0.4 is 5.73 Å². The number of fused-ring (bicyclic) bond motifs is 1. The fraction of sp³-hybridized carbons (Fsp3) is 0.556. The second kappa shape index (κ2) is 6.20. The zero-order valence-electron chi connectivity index (χ0n) is 13.1. The largest absolute Gasteiger partial charge is 0.461 e. The number of nitrogens with zero attached hydrogens (tertiary/aromatic N) is 1. The third-order valence-corrected chi connectivity index (χ3v) is 4.94. The van der Waals surface area contributed by atoms with Crippen LogP contribution in [0.1, 0.15) is 50.0 Å². The summed E-state index contributed by atoms with van der Waals surface area (Å²) >= 11 is 0. The van der Waals surface area contributed by atoms with Crippen LogP contribution in [0.5, 0.6) is 0 Å². The molecular formula is C18H26N2O. The molecule has 0 spiro atoms. The fourth-order valence-corrected chi connectivity index (χ4v) is 3.99. The summed E-state index contributed by atoms with van der Waals surface area (Å²) in [4.78, 5) is 2.59. The molecule has 1 aliphatic carbocycles. The Labute approximate surface area is 127 Å². The average molecular weight is 286 g/mol. The minimum atomic E-state index is 0.266. The van der Waals surface area contributed by atoms with Gasteiger partial charge in [0.1, 0.15) is 11.3 Å². The van der Waals surface area contributed by atoms with Gasteiger partial charge in [-0.05, 0) is 32.4 Å². The zero-order chi connectivity index (χ0) is 14.8. The number of aryl methyl sites for hydroxylation is 1. The number of para-hydroxylation sites is 1. The second-order valence-corrected chi connectivity index (χ2v) is 6.09.